The van der Waals surface area contributed by atoms with Gasteiger partial charge >= 0.3 is 18.5 Å². The summed E-state index contributed by atoms with van der Waals surface area (Å²) >= 11 is 0. The Morgan fingerprint density at radius 1 is 1.19 bits per heavy atom. The second-order valence-electron chi connectivity index (χ2n) is 7.44. The Morgan fingerprint density at radius 3 is 2.46 bits per heavy atom. The fraction of sp³-hybridized carbons (Fsp3) is 0.444. The zero-order chi connectivity index (χ0) is 19.1. The van der Waals surface area contributed by atoms with Gasteiger partial charge in [-0.2, -0.15) is 0 Å². The normalized spacial score (nSPS) is 19.3. The van der Waals surface area contributed by atoms with Crippen molar-refractivity contribution < 1.29 is 13.7 Å². The van der Waals surface area contributed by atoms with E-state index in [-0.39, 0.29) is 0 Å². The van der Waals surface area contributed by atoms with Gasteiger partial charge < -0.3 is 19.0 Å². The number of H-pyrrole nitrogens is 1. The number of aromatic amines is 1. The van der Waals surface area contributed by atoms with Gasteiger partial charge in [-0.15, -0.1) is 0 Å². The quantitative estimate of drug-likeness (QED) is 0.809. The first-order chi connectivity index (χ1) is 12.1. The molecule has 138 valence electrons. The number of hydrogen-bond donors (Lipinski definition) is 2. The van der Waals surface area contributed by atoms with Gasteiger partial charge in [0.25, 0.3) is 0 Å². The molecule has 1 saturated heterocycles. The maximum atomic E-state index is 11.9. The standard InChI is InChI=1S/C18H23BN2O5/c1-17(2)18(3,4)26-19(25-17)12(10-20-5)8-11-6-7-14-13(9-11)15(22)24-16(23)21-14/h6-9,20H,10H2,1-5H3,(H,21,23). The molecule has 0 amide bonds. The second-order valence-corrected chi connectivity index (χ2v) is 7.44. The van der Waals surface area contributed by atoms with E-state index in [0.29, 0.717) is 17.4 Å². The highest BCUT2D eigenvalue weighted by Crippen LogP contribution is 2.38. The number of nitrogens with one attached hydrogen (secondary N) is 2. The van der Waals surface area contributed by atoms with E-state index in [1.54, 1.807) is 12.1 Å². The van der Waals surface area contributed by atoms with Crippen LogP contribution >= 0.6 is 0 Å². The van der Waals surface area contributed by atoms with Gasteiger partial charge in [-0.25, -0.2) is 9.59 Å². The molecular formula is C18H23BN2O5. The van der Waals surface area contributed by atoms with E-state index in [0.717, 1.165) is 11.0 Å². The molecule has 0 bridgehead atoms. The monoisotopic (exact) mass is 358 g/mol. The topological polar surface area (TPSA) is 93.6 Å². The van der Waals surface area contributed by atoms with Crippen molar-refractivity contribution in [3.63, 3.8) is 0 Å². The Kier molecular flexibility index (Phi) is 4.68. The van der Waals surface area contributed by atoms with E-state index in [1.165, 1.54) is 0 Å². The minimum absolute atomic E-state index is 0.316. The van der Waals surface area contributed by atoms with E-state index in [9.17, 15) is 9.59 Å². The largest absolute Gasteiger partial charge is 0.491 e. The van der Waals surface area contributed by atoms with Crippen molar-refractivity contribution in [3.8, 4) is 0 Å². The molecule has 0 unspecified atom stereocenters. The Balaban J connectivity index is 2.01. The third kappa shape index (κ3) is 3.40. The molecule has 0 radical (unpaired) electrons. The highest BCUT2D eigenvalue weighted by molar-refractivity contribution is 6.55. The lowest BCUT2D eigenvalue weighted by Gasteiger charge is -2.32. The summed E-state index contributed by atoms with van der Waals surface area (Å²) in [5.74, 6) is -0.765. The van der Waals surface area contributed by atoms with Crippen molar-refractivity contribution in [2.24, 2.45) is 0 Å². The summed E-state index contributed by atoms with van der Waals surface area (Å²) in [5, 5.41) is 3.44. The van der Waals surface area contributed by atoms with Gasteiger partial charge in [-0.1, -0.05) is 12.1 Å². The van der Waals surface area contributed by atoms with Crippen molar-refractivity contribution >= 4 is 24.1 Å². The van der Waals surface area contributed by atoms with Crippen LogP contribution in [0.5, 0.6) is 0 Å². The van der Waals surface area contributed by atoms with Crippen LogP contribution in [-0.4, -0.2) is 36.9 Å². The SMILES string of the molecule is CNCC(=Cc1ccc2[nH]c(=O)oc(=O)c2c1)B1OC(C)(C)C(C)(C)O1. The van der Waals surface area contributed by atoms with E-state index in [1.807, 2.05) is 46.9 Å². The molecule has 1 fully saturated rings. The van der Waals surface area contributed by atoms with Gasteiger partial charge in [0.2, 0.25) is 0 Å². The van der Waals surface area contributed by atoms with Crippen LogP contribution in [0, 0.1) is 0 Å². The van der Waals surface area contributed by atoms with Gasteiger partial charge in [0, 0.05) is 6.54 Å². The second kappa shape index (κ2) is 6.53. The fourth-order valence-corrected chi connectivity index (χ4v) is 2.82. The van der Waals surface area contributed by atoms with E-state index in [2.05, 4.69) is 14.7 Å². The van der Waals surface area contributed by atoms with E-state index in [4.69, 9.17) is 9.31 Å². The molecule has 7 nitrogen and oxygen atoms in total. The molecule has 0 saturated carbocycles. The zero-order valence-corrected chi connectivity index (χ0v) is 15.6. The van der Waals surface area contributed by atoms with Gasteiger partial charge in [0.1, 0.15) is 0 Å². The van der Waals surface area contributed by atoms with Crippen LogP contribution in [0.3, 0.4) is 0 Å². The molecule has 8 heteroatoms. The summed E-state index contributed by atoms with van der Waals surface area (Å²) in [4.78, 5) is 25.7. The lowest BCUT2D eigenvalue weighted by Crippen LogP contribution is -2.41. The summed E-state index contributed by atoms with van der Waals surface area (Å²) in [6.07, 6.45) is 1.92. The number of rotatable bonds is 4. The van der Waals surface area contributed by atoms with Crippen LogP contribution in [-0.2, 0) is 9.31 Å². The Morgan fingerprint density at radius 2 is 1.85 bits per heavy atom. The lowest BCUT2D eigenvalue weighted by molar-refractivity contribution is 0.00578. The minimum Gasteiger partial charge on any atom is -0.400 e. The highest BCUT2D eigenvalue weighted by atomic mass is 16.7. The van der Waals surface area contributed by atoms with E-state index >= 15 is 0 Å². The molecule has 1 aromatic carbocycles. The van der Waals surface area contributed by atoms with Crippen molar-refractivity contribution in [3.05, 3.63) is 50.2 Å². The Hall–Kier alpha value is -2.16. The number of benzene rings is 1. The summed E-state index contributed by atoms with van der Waals surface area (Å²) in [7, 11) is 1.36. The first-order valence-electron chi connectivity index (χ1n) is 8.51. The Bertz CT molecular complexity index is 957. The molecule has 26 heavy (non-hydrogen) atoms. The van der Waals surface area contributed by atoms with Gasteiger partial charge in [0.15, 0.2) is 0 Å². The van der Waals surface area contributed by atoms with Gasteiger partial charge in [0.05, 0.1) is 22.1 Å². The number of likely N-dealkylation sites (N-methyl/N-ethyl adjacent to an activating group) is 1. The summed E-state index contributed by atoms with van der Waals surface area (Å²) in [6.45, 7) is 8.57. The lowest BCUT2D eigenvalue weighted by atomic mass is 9.77. The van der Waals surface area contributed by atoms with E-state index < -0.39 is 29.7 Å². The van der Waals surface area contributed by atoms with Crippen LogP contribution in [0.15, 0.2) is 37.7 Å². The smallest absolute Gasteiger partial charge is 0.400 e. The van der Waals surface area contributed by atoms with Crippen molar-refractivity contribution in [1.29, 1.82) is 0 Å². The van der Waals surface area contributed by atoms with Crippen molar-refractivity contribution in [2.75, 3.05) is 13.6 Å². The van der Waals surface area contributed by atoms with Crippen LogP contribution in [0.1, 0.15) is 33.3 Å². The third-order valence-electron chi connectivity index (χ3n) is 4.97. The van der Waals surface area contributed by atoms with Crippen molar-refractivity contribution in [1.82, 2.24) is 10.3 Å². The highest BCUT2D eigenvalue weighted by Gasteiger charge is 2.52. The summed E-state index contributed by atoms with van der Waals surface area (Å²) in [6, 6.07) is 5.18. The molecule has 0 atom stereocenters. The predicted octanol–water partition coefficient (Wildman–Crippen LogP) is 1.72. The number of fused-ring (bicyclic) bond motifs is 1. The zero-order valence-electron chi connectivity index (χ0n) is 15.6. The van der Waals surface area contributed by atoms with Crippen LogP contribution in [0.4, 0.5) is 0 Å². The number of aromatic nitrogens is 1. The number of hydrogen-bond acceptors (Lipinski definition) is 6. The third-order valence-corrected chi connectivity index (χ3v) is 4.97. The average Bonchev–Trinajstić information content (AvgIpc) is 2.75. The molecule has 2 N–H and O–H groups in total. The van der Waals surface area contributed by atoms with Gasteiger partial charge in [-0.05, 0) is 57.9 Å². The van der Waals surface area contributed by atoms with Gasteiger partial charge in [-0.3, -0.25) is 4.98 Å². The molecule has 1 aliphatic heterocycles. The molecular weight excluding hydrogens is 335 g/mol. The van der Waals surface area contributed by atoms with Crippen LogP contribution in [0.25, 0.3) is 17.0 Å². The first-order valence-corrected chi connectivity index (χ1v) is 8.51. The Labute approximate surface area is 151 Å². The maximum absolute atomic E-state index is 11.9. The first kappa shape index (κ1) is 18.6. The molecule has 1 aliphatic rings. The predicted molar refractivity (Wildman–Crippen MR) is 101 cm³/mol. The molecule has 3 rings (SSSR count). The van der Waals surface area contributed by atoms with Crippen molar-refractivity contribution in [2.45, 2.75) is 38.9 Å². The van der Waals surface area contributed by atoms with Crippen LogP contribution < -0.4 is 16.7 Å². The summed E-state index contributed by atoms with van der Waals surface area (Å²) < 4.78 is 16.8. The minimum atomic E-state index is -0.765. The summed E-state index contributed by atoms with van der Waals surface area (Å²) in [5.41, 5.74) is 0.596. The molecule has 0 spiro atoms. The molecule has 2 aromatic rings. The average molecular weight is 358 g/mol. The molecule has 1 aromatic heterocycles. The molecule has 2 heterocycles. The molecule has 0 aliphatic carbocycles. The fourth-order valence-electron chi connectivity index (χ4n) is 2.82. The maximum Gasteiger partial charge on any atom is 0.491 e. The van der Waals surface area contributed by atoms with Crippen LogP contribution in [0.2, 0.25) is 0 Å².